The van der Waals surface area contributed by atoms with Crippen molar-refractivity contribution in [3.8, 4) is 0 Å². The third-order valence-corrected chi connectivity index (χ3v) is 4.38. The van der Waals surface area contributed by atoms with Gasteiger partial charge in [0.15, 0.2) is 6.10 Å². The smallest absolute Gasteiger partial charge is 0.308 e. The summed E-state index contributed by atoms with van der Waals surface area (Å²) in [5, 5.41) is 16.3. The maximum absolute atomic E-state index is 12.1. The molecule has 0 radical (unpaired) electrons. The third-order valence-electron chi connectivity index (χ3n) is 3.82. The molecule has 0 aliphatic carbocycles. The lowest BCUT2D eigenvalue weighted by Gasteiger charge is -2.14. The quantitative estimate of drug-likeness (QED) is 0.357. The number of halogens is 2. The zero-order valence-electron chi connectivity index (χ0n) is 15.7. The lowest BCUT2D eigenvalue weighted by atomic mass is 10.2. The van der Waals surface area contributed by atoms with Crippen molar-refractivity contribution in [1.82, 2.24) is 5.32 Å². The number of hydrogen-bond donors (Lipinski definition) is 2. The molecule has 30 heavy (non-hydrogen) atoms. The van der Waals surface area contributed by atoms with Gasteiger partial charge < -0.3 is 15.4 Å². The molecule has 0 saturated heterocycles. The van der Waals surface area contributed by atoms with Gasteiger partial charge in [-0.05, 0) is 37.3 Å². The Morgan fingerprint density at radius 1 is 1.13 bits per heavy atom. The van der Waals surface area contributed by atoms with Crippen molar-refractivity contribution in [2.24, 2.45) is 0 Å². The molecule has 158 valence electrons. The van der Waals surface area contributed by atoms with Crippen LogP contribution in [-0.2, 0) is 14.3 Å². The zero-order chi connectivity index (χ0) is 22.3. The first-order valence-electron chi connectivity index (χ1n) is 8.65. The monoisotopic (exact) mass is 453 g/mol. The molecule has 1 atom stereocenters. The molecule has 2 aromatic carbocycles. The minimum atomic E-state index is -1.10. The highest BCUT2D eigenvalue weighted by Gasteiger charge is 2.19. The van der Waals surface area contributed by atoms with Gasteiger partial charge in [-0.25, -0.2) is 0 Å². The van der Waals surface area contributed by atoms with Gasteiger partial charge in [0.2, 0.25) is 0 Å². The maximum atomic E-state index is 12.1. The number of carbonyl (C=O) groups excluding carboxylic acids is 3. The second-order valence-corrected chi connectivity index (χ2v) is 6.90. The molecule has 9 nitrogen and oxygen atoms in total. The number of hydrogen-bond acceptors (Lipinski definition) is 6. The molecule has 2 rings (SSSR count). The first-order valence-corrected chi connectivity index (χ1v) is 9.41. The number of nitrogens with zero attached hydrogens (tertiary/aromatic N) is 1. The van der Waals surface area contributed by atoms with Crippen LogP contribution in [0, 0.1) is 10.1 Å². The normalized spacial score (nSPS) is 11.3. The molecule has 0 heterocycles. The van der Waals surface area contributed by atoms with E-state index in [4.69, 9.17) is 27.9 Å². The molecule has 0 saturated carbocycles. The van der Waals surface area contributed by atoms with Gasteiger partial charge in [-0.1, -0.05) is 23.2 Å². The number of esters is 1. The van der Waals surface area contributed by atoms with Crippen LogP contribution in [-0.4, -0.2) is 35.4 Å². The van der Waals surface area contributed by atoms with Gasteiger partial charge in [-0.2, -0.15) is 0 Å². The van der Waals surface area contributed by atoms with Crippen LogP contribution < -0.4 is 10.6 Å². The fourth-order valence-electron chi connectivity index (χ4n) is 2.25. The van der Waals surface area contributed by atoms with Crippen molar-refractivity contribution in [3.05, 3.63) is 68.2 Å². The maximum Gasteiger partial charge on any atom is 0.308 e. The molecule has 0 fully saturated rings. The second-order valence-electron chi connectivity index (χ2n) is 6.06. The standard InChI is InChI=1S/C19H17Cl2N3O6/c1-11(18(26)23-16-10-13(20)4-7-15(16)21)30-17(25)8-9-22-19(27)12-2-5-14(6-3-12)24(28)29/h2-7,10-11H,8-9H2,1H3,(H,22,27)(H,23,26). The number of rotatable bonds is 8. The van der Waals surface area contributed by atoms with E-state index in [1.165, 1.54) is 43.3 Å². The van der Waals surface area contributed by atoms with Crippen LogP contribution in [0.4, 0.5) is 11.4 Å². The molecule has 0 aliphatic rings. The molecule has 0 spiro atoms. The second kappa shape index (κ2) is 10.6. The predicted molar refractivity (Wildman–Crippen MR) is 111 cm³/mol. The largest absolute Gasteiger partial charge is 0.452 e. The average Bonchev–Trinajstić information content (AvgIpc) is 2.70. The molecular weight excluding hydrogens is 437 g/mol. The van der Waals surface area contributed by atoms with Crippen LogP contribution in [0.2, 0.25) is 10.0 Å². The Hall–Kier alpha value is -3.17. The van der Waals surface area contributed by atoms with E-state index < -0.39 is 28.8 Å². The lowest BCUT2D eigenvalue weighted by molar-refractivity contribution is -0.384. The summed E-state index contributed by atoms with van der Waals surface area (Å²) in [4.78, 5) is 46.1. The van der Waals surface area contributed by atoms with Crippen molar-refractivity contribution >= 4 is 52.4 Å². The number of benzene rings is 2. The minimum absolute atomic E-state index is 0.0386. The number of nitro groups is 1. The Bertz CT molecular complexity index is 965. The van der Waals surface area contributed by atoms with Crippen molar-refractivity contribution < 1.29 is 24.0 Å². The van der Waals surface area contributed by atoms with Crippen LogP contribution >= 0.6 is 23.2 Å². The fraction of sp³-hybridized carbons (Fsp3) is 0.211. The lowest BCUT2D eigenvalue weighted by Crippen LogP contribution is -2.32. The molecule has 2 amide bonds. The summed E-state index contributed by atoms with van der Waals surface area (Å²) in [6.07, 6.45) is -1.27. The van der Waals surface area contributed by atoms with Crippen LogP contribution in [0.5, 0.6) is 0 Å². The summed E-state index contributed by atoms with van der Waals surface area (Å²) in [6.45, 7) is 1.35. The Labute approximate surface area is 181 Å². The Morgan fingerprint density at radius 3 is 2.43 bits per heavy atom. The van der Waals surface area contributed by atoms with Crippen LogP contribution in [0.3, 0.4) is 0 Å². The van der Waals surface area contributed by atoms with Gasteiger partial charge in [0.25, 0.3) is 17.5 Å². The van der Waals surface area contributed by atoms with E-state index in [0.717, 1.165) is 0 Å². The van der Waals surface area contributed by atoms with Gasteiger partial charge >= 0.3 is 5.97 Å². The van der Waals surface area contributed by atoms with E-state index >= 15 is 0 Å². The number of carbonyl (C=O) groups is 3. The van der Waals surface area contributed by atoms with E-state index in [9.17, 15) is 24.5 Å². The Balaban J connectivity index is 1.78. The van der Waals surface area contributed by atoms with Crippen molar-refractivity contribution in [1.29, 1.82) is 0 Å². The van der Waals surface area contributed by atoms with E-state index in [0.29, 0.717) is 5.02 Å². The number of anilines is 1. The molecular formula is C19H17Cl2N3O6. The fourth-order valence-corrected chi connectivity index (χ4v) is 2.59. The van der Waals surface area contributed by atoms with Crippen LogP contribution in [0.15, 0.2) is 42.5 Å². The molecule has 0 bridgehead atoms. The SMILES string of the molecule is CC(OC(=O)CCNC(=O)c1ccc([N+](=O)[O-])cc1)C(=O)Nc1cc(Cl)ccc1Cl. The molecule has 0 aliphatic heterocycles. The number of non-ortho nitro benzene ring substituents is 1. The summed E-state index contributed by atoms with van der Waals surface area (Å²) in [5.41, 5.74) is 0.356. The predicted octanol–water partition coefficient (Wildman–Crippen LogP) is 3.59. The first kappa shape index (κ1) is 23.1. The topological polar surface area (TPSA) is 128 Å². The number of nitro benzene ring substituents is 1. The highest BCUT2D eigenvalue weighted by Crippen LogP contribution is 2.25. The van der Waals surface area contributed by atoms with E-state index in [-0.39, 0.29) is 34.9 Å². The number of amides is 2. The number of ether oxygens (including phenoxy) is 1. The summed E-state index contributed by atoms with van der Waals surface area (Å²) < 4.78 is 5.03. The van der Waals surface area contributed by atoms with Gasteiger partial charge in [-0.15, -0.1) is 0 Å². The summed E-state index contributed by atoms with van der Waals surface area (Å²) in [5.74, 6) is -1.79. The third kappa shape index (κ3) is 6.71. The highest BCUT2D eigenvalue weighted by molar-refractivity contribution is 6.35. The molecule has 2 N–H and O–H groups in total. The summed E-state index contributed by atoms with van der Waals surface area (Å²) in [7, 11) is 0. The van der Waals surface area contributed by atoms with Crippen LogP contribution in [0.1, 0.15) is 23.7 Å². The van der Waals surface area contributed by atoms with E-state index in [2.05, 4.69) is 10.6 Å². The Kier molecular flexibility index (Phi) is 8.14. The first-order chi connectivity index (χ1) is 14.2. The highest BCUT2D eigenvalue weighted by atomic mass is 35.5. The van der Waals surface area contributed by atoms with Crippen molar-refractivity contribution in [3.63, 3.8) is 0 Å². The van der Waals surface area contributed by atoms with Crippen molar-refractivity contribution in [2.75, 3.05) is 11.9 Å². The van der Waals surface area contributed by atoms with Gasteiger partial charge in [0.05, 0.1) is 22.1 Å². The summed E-state index contributed by atoms with van der Waals surface area (Å²) >= 11 is 11.8. The van der Waals surface area contributed by atoms with Crippen molar-refractivity contribution in [2.45, 2.75) is 19.4 Å². The zero-order valence-corrected chi connectivity index (χ0v) is 17.2. The van der Waals surface area contributed by atoms with E-state index in [1.54, 1.807) is 6.07 Å². The van der Waals surface area contributed by atoms with Crippen LogP contribution in [0.25, 0.3) is 0 Å². The van der Waals surface area contributed by atoms with Gasteiger partial charge in [0, 0.05) is 29.3 Å². The van der Waals surface area contributed by atoms with Gasteiger partial charge in [0.1, 0.15) is 0 Å². The minimum Gasteiger partial charge on any atom is -0.452 e. The summed E-state index contributed by atoms with van der Waals surface area (Å²) in [6, 6.07) is 9.56. The molecule has 2 aromatic rings. The van der Waals surface area contributed by atoms with E-state index in [1.807, 2.05) is 0 Å². The van der Waals surface area contributed by atoms with Gasteiger partial charge in [-0.3, -0.25) is 24.5 Å². The Morgan fingerprint density at radius 2 is 1.80 bits per heavy atom. The molecule has 1 unspecified atom stereocenters. The number of nitrogens with one attached hydrogen (secondary N) is 2. The molecule has 11 heteroatoms. The molecule has 0 aromatic heterocycles. The average molecular weight is 454 g/mol.